The van der Waals surface area contributed by atoms with Gasteiger partial charge in [-0.2, -0.15) is 5.26 Å². The summed E-state index contributed by atoms with van der Waals surface area (Å²) < 4.78 is 0. The highest BCUT2D eigenvalue weighted by Gasteiger charge is 2.11. The molecule has 0 atom stereocenters. The van der Waals surface area contributed by atoms with Crippen LogP contribution in [0, 0.1) is 11.3 Å². The Labute approximate surface area is 118 Å². The SMILES string of the molecule is N#Cc1cccnc1Sc1ccc(Cl)c(C(=O)O)c1. The Hall–Kier alpha value is -2.03. The number of carbonyl (C=O) groups is 1. The summed E-state index contributed by atoms with van der Waals surface area (Å²) in [5.41, 5.74) is 0.473. The van der Waals surface area contributed by atoms with Crippen LogP contribution in [0.3, 0.4) is 0 Å². The van der Waals surface area contributed by atoms with E-state index in [0.29, 0.717) is 15.5 Å². The maximum absolute atomic E-state index is 11.0. The van der Waals surface area contributed by atoms with E-state index in [1.165, 1.54) is 23.9 Å². The highest BCUT2D eigenvalue weighted by molar-refractivity contribution is 7.99. The highest BCUT2D eigenvalue weighted by Crippen LogP contribution is 2.31. The first-order valence-corrected chi connectivity index (χ1v) is 6.37. The molecule has 4 nitrogen and oxygen atoms in total. The summed E-state index contributed by atoms with van der Waals surface area (Å²) in [5.74, 6) is -1.09. The van der Waals surface area contributed by atoms with Crippen molar-refractivity contribution in [2.24, 2.45) is 0 Å². The maximum Gasteiger partial charge on any atom is 0.337 e. The average molecular weight is 291 g/mol. The Morgan fingerprint density at radius 3 is 2.89 bits per heavy atom. The molecule has 0 aliphatic heterocycles. The molecule has 0 fully saturated rings. The van der Waals surface area contributed by atoms with E-state index in [1.54, 1.807) is 24.4 Å². The Balaban J connectivity index is 2.37. The number of aromatic carboxylic acids is 1. The smallest absolute Gasteiger partial charge is 0.337 e. The number of carboxylic acids is 1. The van der Waals surface area contributed by atoms with E-state index >= 15 is 0 Å². The monoisotopic (exact) mass is 290 g/mol. The minimum absolute atomic E-state index is 0.0288. The molecule has 0 saturated heterocycles. The molecule has 0 aliphatic carbocycles. The second kappa shape index (κ2) is 5.74. The number of benzene rings is 1. The molecule has 1 N–H and O–H groups in total. The van der Waals surface area contributed by atoms with Crippen molar-refractivity contribution in [1.82, 2.24) is 4.98 Å². The standard InChI is InChI=1S/C13H7ClN2O2S/c14-11-4-3-9(6-10(11)13(17)18)19-12-8(7-15)2-1-5-16-12/h1-6H,(H,17,18). The Morgan fingerprint density at radius 2 is 2.21 bits per heavy atom. The van der Waals surface area contributed by atoms with Crippen LogP contribution < -0.4 is 0 Å². The van der Waals surface area contributed by atoms with Crippen LogP contribution in [-0.2, 0) is 0 Å². The zero-order valence-electron chi connectivity index (χ0n) is 9.50. The normalized spacial score (nSPS) is 9.89. The minimum Gasteiger partial charge on any atom is -0.478 e. The van der Waals surface area contributed by atoms with Crippen molar-refractivity contribution in [2.75, 3.05) is 0 Å². The van der Waals surface area contributed by atoms with Crippen molar-refractivity contribution < 1.29 is 9.90 Å². The van der Waals surface area contributed by atoms with Crippen molar-refractivity contribution in [3.8, 4) is 6.07 Å². The first-order valence-electron chi connectivity index (χ1n) is 5.17. The largest absolute Gasteiger partial charge is 0.478 e. The summed E-state index contributed by atoms with van der Waals surface area (Å²) in [6.45, 7) is 0. The molecule has 0 bridgehead atoms. The predicted molar refractivity (Wildman–Crippen MR) is 71.5 cm³/mol. The molecule has 0 aliphatic rings. The van der Waals surface area contributed by atoms with Crippen LogP contribution in [0.15, 0.2) is 46.5 Å². The van der Waals surface area contributed by atoms with Gasteiger partial charge in [-0.15, -0.1) is 0 Å². The number of aromatic nitrogens is 1. The Morgan fingerprint density at radius 1 is 1.42 bits per heavy atom. The fourth-order valence-corrected chi connectivity index (χ4v) is 2.47. The Bertz CT molecular complexity index is 683. The fourth-order valence-electron chi connectivity index (χ4n) is 1.40. The van der Waals surface area contributed by atoms with E-state index in [-0.39, 0.29) is 10.6 Å². The molecule has 1 aromatic carbocycles. The number of halogens is 1. The van der Waals surface area contributed by atoms with E-state index in [9.17, 15) is 4.79 Å². The molecule has 2 rings (SSSR count). The van der Waals surface area contributed by atoms with E-state index < -0.39 is 5.97 Å². The second-order valence-corrected chi connectivity index (χ2v) is 4.99. The molecule has 0 spiro atoms. The predicted octanol–water partition coefficient (Wildman–Crippen LogP) is 3.46. The summed E-state index contributed by atoms with van der Waals surface area (Å²) in [6, 6.07) is 10.0. The van der Waals surface area contributed by atoms with Gasteiger partial charge in [0, 0.05) is 11.1 Å². The van der Waals surface area contributed by atoms with Crippen LogP contribution in [0.2, 0.25) is 5.02 Å². The lowest BCUT2D eigenvalue weighted by Crippen LogP contribution is -1.97. The number of carboxylic acid groups (broad SMARTS) is 1. The highest BCUT2D eigenvalue weighted by atomic mass is 35.5. The van der Waals surface area contributed by atoms with Gasteiger partial charge in [-0.25, -0.2) is 9.78 Å². The summed E-state index contributed by atoms with van der Waals surface area (Å²) in [6.07, 6.45) is 1.58. The second-order valence-electron chi connectivity index (χ2n) is 3.52. The van der Waals surface area contributed by atoms with Gasteiger partial charge in [-0.1, -0.05) is 23.4 Å². The average Bonchev–Trinajstić information content (AvgIpc) is 2.41. The van der Waals surface area contributed by atoms with Crippen molar-refractivity contribution in [3.05, 3.63) is 52.7 Å². The number of pyridine rings is 1. The van der Waals surface area contributed by atoms with Crippen molar-refractivity contribution in [3.63, 3.8) is 0 Å². The molecule has 0 radical (unpaired) electrons. The van der Waals surface area contributed by atoms with Gasteiger partial charge in [0.15, 0.2) is 0 Å². The lowest BCUT2D eigenvalue weighted by atomic mass is 10.2. The number of nitriles is 1. The molecular formula is C13H7ClN2O2S. The van der Waals surface area contributed by atoms with E-state index in [2.05, 4.69) is 4.98 Å². The topological polar surface area (TPSA) is 74.0 Å². The quantitative estimate of drug-likeness (QED) is 0.937. The third kappa shape index (κ3) is 3.05. The third-order valence-electron chi connectivity index (χ3n) is 2.27. The lowest BCUT2D eigenvalue weighted by molar-refractivity contribution is 0.0697. The maximum atomic E-state index is 11.0. The van der Waals surface area contributed by atoms with Crippen LogP contribution >= 0.6 is 23.4 Å². The van der Waals surface area contributed by atoms with Gasteiger partial charge in [0.2, 0.25) is 0 Å². The van der Waals surface area contributed by atoms with E-state index in [1.807, 2.05) is 6.07 Å². The van der Waals surface area contributed by atoms with Crippen LogP contribution in [-0.4, -0.2) is 16.1 Å². The molecule has 19 heavy (non-hydrogen) atoms. The third-order valence-corrected chi connectivity index (χ3v) is 3.61. The zero-order chi connectivity index (χ0) is 13.8. The van der Waals surface area contributed by atoms with Gasteiger partial charge in [0.05, 0.1) is 16.1 Å². The van der Waals surface area contributed by atoms with Gasteiger partial charge in [-0.05, 0) is 30.3 Å². The lowest BCUT2D eigenvalue weighted by Gasteiger charge is -2.05. The molecule has 2 aromatic rings. The molecule has 1 heterocycles. The summed E-state index contributed by atoms with van der Waals surface area (Å²) in [5, 5.41) is 18.7. The Kier molecular flexibility index (Phi) is 4.05. The first-order chi connectivity index (χ1) is 9.11. The minimum atomic E-state index is -1.09. The van der Waals surface area contributed by atoms with Crippen molar-refractivity contribution >= 4 is 29.3 Å². The van der Waals surface area contributed by atoms with Crippen LogP contribution in [0.5, 0.6) is 0 Å². The summed E-state index contributed by atoms with van der Waals surface area (Å²) in [7, 11) is 0. The molecule has 0 unspecified atom stereocenters. The van der Waals surface area contributed by atoms with Crippen molar-refractivity contribution in [1.29, 1.82) is 5.26 Å². The zero-order valence-corrected chi connectivity index (χ0v) is 11.1. The number of hydrogen-bond donors (Lipinski definition) is 1. The van der Waals surface area contributed by atoms with Crippen LogP contribution in [0.25, 0.3) is 0 Å². The molecule has 0 saturated carbocycles. The van der Waals surface area contributed by atoms with Gasteiger partial charge < -0.3 is 5.11 Å². The van der Waals surface area contributed by atoms with Gasteiger partial charge in [0.1, 0.15) is 11.1 Å². The summed E-state index contributed by atoms with van der Waals surface area (Å²) >= 11 is 7.02. The van der Waals surface area contributed by atoms with Crippen LogP contribution in [0.4, 0.5) is 0 Å². The van der Waals surface area contributed by atoms with Gasteiger partial charge in [-0.3, -0.25) is 0 Å². The number of nitrogens with zero attached hydrogens (tertiary/aromatic N) is 2. The molecule has 6 heteroatoms. The summed E-state index contributed by atoms with van der Waals surface area (Å²) in [4.78, 5) is 15.8. The van der Waals surface area contributed by atoms with Gasteiger partial charge >= 0.3 is 5.97 Å². The van der Waals surface area contributed by atoms with Gasteiger partial charge in [0.25, 0.3) is 0 Å². The molecule has 94 valence electrons. The molecule has 1 aromatic heterocycles. The molecular weight excluding hydrogens is 284 g/mol. The van der Waals surface area contributed by atoms with Crippen molar-refractivity contribution in [2.45, 2.75) is 9.92 Å². The number of rotatable bonds is 3. The van der Waals surface area contributed by atoms with E-state index in [0.717, 1.165) is 0 Å². The first kappa shape index (κ1) is 13.4. The number of hydrogen-bond acceptors (Lipinski definition) is 4. The fraction of sp³-hybridized carbons (Fsp3) is 0. The van der Waals surface area contributed by atoms with Crippen LogP contribution in [0.1, 0.15) is 15.9 Å². The van der Waals surface area contributed by atoms with E-state index in [4.69, 9.17) is 22.0 Å². The molecule has 0 amide bonds.